The molecule has 0 aliphatic carbocycles. The molecule has 1 atom stereocenters. The fourth-order valence-electron chi connectivity index (χ4n) is 4.71. The molecule has 0 bridgehead atoms. The second-order valence-electron chi connectivity index (χ2n) is 9.94. The van der Waals surface area contributed by atoms with E-state index in [0.717, 1.165) is 55.8 Å². The van der Waals surface area contributed by atoms with Crippen LogP contribution in [0, 0.1) is 6.92 Å². The van der Waals surface area contributed by atoms with Gasteiger partial charge in [-0.25, -0.2) is 13.4 Å². The number of benzene rings is 2. The Bertz CT molecular complexity index is 1480. The van der Waals surface area contributed by atoms with E-state index in [-0.39, 0.29) is 25.1 Å². The molecule has 2 heterocycles. The molecule has 0 N–H and O–H groups in total. The van der Waals surface area contributed by atoms with Gasteiger partial charge >= 0.3 is 5.97 Å². The van der Waals surface area contributed by atoms with Crippen LogP contribution in [0.5, 0.6) is 0 Å². The molecule has 0 spiro atoms. The highest BCUT2D eigenvalue weighted by molar-refractivity contribution is 7.92. The minimum absolute atomic E-state index is 0.00949. The molecular formula is C28H35N3O6S. The average Bonchev–Trinajstić information content (AvgIpc) is 2.89. The van der Waals surface area contributed by atoms with Crippen molar-refractivity contribution in [3.8, 4) is 11.1 Å². The first kappa shape index (κ1) is 27.9. The van der Waals surface area contributed by atoms with Gasteiger partial charge in [0.1, 0.15) is 0 Å². The average molecular weight is 542 g/mol. The van der Waals surface area contributed by atoms with Gasteiger partial charge in [0.05, 0.1) is 37.1 Å². The fraction of sp³-hybridized carbons (Fsp3) is 0.464. The second-order valence-corrected chi connectivity index (χ2v) is 12.4. The molecule has 10 heteroatoms. The molecule has 9 nitrogen and oxygen atoms in total. The van der Waals surface area contributed by atoms with Crippen LogP contribution in [0.25, 0.3) is 22.0 Å². The Kier molecular flexibility index (Phi) is 8.34. The van der Waals surface area contributed by atoms with Crippen molar-refractivity contribution in [3.63, 3.8) is 0 Å². The van der Waals surface area contributed by atoms with Crippen LogP contribution >= 0.6 is 0 Å². The number of carbonyl (C=O) groups is 1. The van der Waals surface area contributed by atoms with Gasteiger partial charge in [0, 0.05) is 32.4 Å². The highest BCUT2D eigenvalue weighted by atomic mass is 32.2. The van der Waals surface area contributed by atoms with E-state index in [0.29, 0.717) is 10.9 Å². The third-order valence-corrected chi connectivity index (χ3v) is 9.39. The van der Waals surface area contributed by atoms with E-state index in [1.165, 1.54) is 23.4 Å². The zero-order valence-electron chi connectivity index (χ0n) is 22.4. The van der Waals surface area contributed by atoms with Crippen LogP contribution in [0.3, 0.4) is 0 Å². The molecule has 0 amide bonds. The summed E-state index contributed by atoms with van der Waals surface area (Å²) < 4.78 is 34.9. The van der Waals surface area contributed by atoms with Gasteiger partial charge in [-0.1, -0.05) is 30.3 Å². The topological polar surface area (TPSA) is 108 Å². The molecule has 3 aromatic rings. The normalized spacial score (nSPS) is 16.3. The smallest absolute Gasteiger partial charge is 0.327 e. The van der Waals surface area contributed by atoms with Crippen LogP contribution in [0.2, 0.25) is 0 Å². The van der Waals surface area contributed by atoms with Gasteiger partial charge < -0.3 is 9.47 Å². The van der Waals surface area contributed by atoms with Crippen LogP contribution in [0.1, 0.15) is 31.4 Å². The van der Waals surface area contributed by atoms with Gasteiger partial charge in [-0.15, -0.1) is 0 Å². The lowest BCUT2D eigenvalue weighted by molar-refractivity contribution is -0.146. The van der Waals surface area contributed by atoms with Crippen LogP contribution in [0.15, 0.2) is 47.5 Å². The van der Waals surface area contributed by atoms with Crippen molar-refractivity contribution in [2.45, 2.75) is 45.0 Å². The van der Waals surface area contributed by atoms with Crippen molar-refractivity contribution < 1.29 is 22.7 Å². The van der Waals surface area contributed by atoms with Crippen molar-refractivity contribution in [2.75, 3.05) is 39.2 Å². The molecule has 1 aromatic heterocycles. The number of nitrogens with zero attached hydrogens (tertiary/aromatic N) is 3. The summed E-state index contributed by atoms with van der Waals surface area (Å²) in [7, 11) is -3.78. The molecule has 1 fully saturated rings. The Balaban J connectivity index is 1.57. The summed E-state index contributed by atoms with van der Waals surface area (Å²) in [6, 6.07) is 12.1. The maximum atomic E-state index is 13.3. The minimum atomic E-state index is -3.78. The third-order valence-electron chi connectivity index (χ3n) is 7.38. The van der Waals surface area contributed by atoms with E-state index in [9.17, 15) is 18.0 Å². The summed E-state index contributed by atoms with van der Waals surface area (Å²) >= 11 is 0. The number of hydrogen-bond acceptors (Lipinski definition) is 8. The van der Waals surface area contributed by atoms with E-state index < -0.39 is 20.6 Å². The monoisotopic (exact) mass is 541 g/mol. The Morgan fingerprint density at radius 3 is 2.45 bits per heavy atom. The molecule has 1 saturated heterocycles. The third kappa shape index (κ3) is 5.67. The van der Waals surface area contributed by atoms with Crippen LogP contribution in [-0.2, 0) is 37.2 Å². The van der Waals surface area contributed by atoms with Gasteiger partial charge in [0.2, 0.25) is 0 Å². The first-order valence-corrected chi connectivity index (χ1v) is 14.7. The number of aryl methyl sites for hydroxylation is 2. The summed E-state index contributed by atoms with van der Waals surface area (Å²) in [5.41, 5.74) is 4.47. The zero-order valence-corrected chi connectivity index (χ0v) is 23.2. The number of hydrogen-bond donors (Lipinski definition) is 0. The summed E-state index contributed by atoms with van der Waals surface area (Å²) in [6.45, 7) is 9.27. The Hall–Kier alpha value is -3.08. The number of fused-ring (bicyclic) bond motifs is 1. The molecule has 0 unspecified atom stereocenters. The van der Waals surface area contributed by atoms with E-state index in [1.54, 1.807) is 13.0 Å². The summed E-state index contributed by atoms with van der Waals surface area (Å²) in [5, 5.41) is 0.440. The molecule has 1 aliphatic heterocycles. The molecule has 38 heavy (non-hydrogen) atoms. The maximum absolute atomic E-state index is 13.3. The summed E-state index contributed by atoms with van der Waals surface area (Å²) in [5.74, 6) is -0.819. The molecule has 0 radical (unpaired) electrons. The van der Waals surface area contributed by atoms with Crippen molar-refractivity contribution >= 4 is 26.7 Å². The Morgan fingerprint density at radius 2 is 1.82 bits per heavy atom. The van der Waals surface area contributed by atoms with Gasteiger partial charge in [-0.2, -0.15) is 0 Å². The summed E-state index contributed by atoms with van der Waals surface area (Å²) in [6.07, 6.45) is 2.32. The van der Waals surface area contributed by atoms with Gasteiger partial charge in [-0.05, 0) is 55.5 Å². The number of sulfone groups is 1. The maximum Gasteiger partial charge on any atom is 0.327 e. The molecule has 204 valence electrons. The largest absolute Gasteiger partial charge is 0.465 e. The molecule has 2 aromatic carbocycles. The Morgan fingerprint density at radius 1 is 1.13 bits per heavy atom. The standard InChI is InChI=1S/C28H35N3O6S/c1-5-37-27(33)28(3,38(4,34)35)12-13-31-19-29-25-20(2)23(10-11-24(25)26(31)32)22-8-6-21(7-9-22)18-30-14-16-36-17-15-30/h6-11,19H,5,12-18H2,1-4H3/t28-/m1/s1. The number of carbonyl (C=O) groups excluding carboxylic acids is 1. The Labute approximate surface area is 223 Å². The van der Waals surface area contributed by atoms with E-state index in [1.807, 2.05) is 13.0 Å². The predicted molar refractivity (Wildman–Crippen MR) is 147 cm³/mol. The first-order chi connectivity index (χ1) is 18.0. The predicted octanol–water partition coefficient (Wildman–Crippen LogP) is 2.96. The van der Waals surface area contributed by atoms with E-state index >= 15 is 0 Å². The van der Waals surface area contributed by atoms with Gasteiger partial charge in [0.25, 0.3) is 5.56 Å². The van der Waals surface area contributed by atoms with Crippen LogP contribution in [-0.4, -0.2) is 72.8 Å². The van der Waals surface area contributed by atoms with Crippen molar-refractivity contribution in [3.05, 3.63) is 64.2 Å². The lowest BCUT2D eigenvalue weighted by atomic mass is 9.97. The molecule has 0 saturated carbocycles. The molecule has 4 rings (SSSR count). The van der Waals surface area contributed by atoms with Crippen LogP contribution < -0.4 is 5.56 Å². The lowest BCUT2D eigenvalue weighted by Gasteiger charge is -2.26. The number of ether oxygens (including phenoxy) is 2. The summed E-state index contributed by atoms with van der Waals surface area (Å²) in [4.78, 5) is 32.6. The SMILES string of the molecule is CCOC(=O)[C@@](C)(CCn1cnc2c(C)c(-c3ccc(CN4CCOCC4)cc3)ccc2c1=O)S(C)(=O)=O. The minimum Gasteiger partial charge on any atom is -0.465 e. The van der Waals surface area contributed by atoms with Gasteiger partial charge in [-0.3, -0.25) is 19.1 Å². The molecular weight excluding hydrogens is 506 g/mol. The van der Waals surface area contributed by atoms with Gasteiger partial charge in [0.15, 0.2) is 14.6 Å². The van der Waals surface area contributed by atoms with Crippen molar-refractivity contribution in [1.29, 1.82) is 0 Å². The number of esters is 1. The first-order valence-electron chi connectivity index (χ1n) is 12.8. The van der Waals surface area contributed by atoms with Crippen LogP contribution in [0.4, 0.5) is 0 Å². The fourth-order valence-corrected chi connectivity index (χ4v) is 5.53. The highest BCUT2D eigenvalue weighted by Crippen LogP contribution is 2.28. The molecule has 1 aliphatic rings. The number of morpholine rings is 1. The quantitative estimate of drug-likeness (QED) is 0.381. The number of aromatic nitrogens is 2. The second kappa shape index (κ2) is 11.3. The number of rotatable bonds is 9. The van der Waals surface area contributed by atoms with E-state index in [2.05, 4.69) is 34.1 Å². The van der Waals surface area contributed by atoms with Crippen molar-refractivity contribution in [2.24, 2.45) is 0 Å². The lowest BCUT2D eigenvalue weighted by Crippen LogP contribution is -2.45. The van der Waals surface area contributed by atoms with Crippen molar-refractivity contribution in [1.82, 2.24) is 14.5 Å². The zero-order chi connectivity index (χ0) is 27.5. The highest BCUT2D eigenvalue weighted by Gasteiger charge is 2.44. The van der Waals surface area contributed by atoms with E-state index in [4.69, 9.17) is 9.47 Å².